The summed E-state index contributed by atoms with van der Waals surface area (Å²) in [5.41, 5.74) is -0.227. The van der Waals surface area contributed by atoms with Crippen LogP contribution in [0.2, 0.25) is 0 Å². The normalized spacial score (nSPS) is 16.3. The van der Waals surface area contributed by atoms with Crippen molar-refractivity contribution in [3.63, 3.8) is 0 Å². The lowest BCUT2D eigenvalue weighted by Crippen LogP contribution is -2.48. The van der Waals surface area contributed by atoms with Crippen molar-refractivity contribution in [2.45, 2.75) is 44.8 Å². The SMILES string of the molecule is CCN(Cc1ccccc1)C(=O)CNC(=O)C1(O)CCCC1. The Morgan fingerprint density at radius 2 is 1.86 bits per heavy atom. The van der Waals surface area contributed by atoms with Gasteiger partial charge in [-0.25, -0.2) is 0 Å². The zero-order valence-electron chi connectivity index (χ0n) is 13.0. The molecule has 2 rings (SSSR count). The minimum atomic E-state index is -1.28. The van der Waals surface area contributed by atoms with Crippen LogP contribution >= 0.6 is 0 Å². The van der Waals surface area contributed by atoms with Crippen LogP contribution in [-0.2, 0) is 16.1 Å². The lowest BCUT2D eigenvalue weighted by Gasteiger charge is -2.24. The average Bonchev–Trinajstić information content (AvgIpc) is 2.99. The summed E-state index contributed by atoms with van der Waals surface area (Å²) in [6, 6.07) is 9.74. The van der Waals surface area contributed by atoms with Crippen LogP contribution in [0.3, 0.4) is 0 Å². The third-order valence-corrected chi connectivity index (χ3v) is 4.20. The van der Waals surface area contributed by atoms with Crippen molar-refractivity contribution in [1.29, 1.82) is 0 Å². The summed E-state index contributed by atoms with van der Waals surface area (Å²) in [6.07, 6.45) is 2.67. The van der Waals surface area contributed by atoms with E-state index in [-0.39, 0.29) is 12.5 Å². The highest BCUT2D eigenvalue weighted by Gasteiger charge is 2.38. The van der Waals surface area contributed by atoms with Gasteiger partial charge >= 0.3 is 0 Å². The molecule has 5 nitrogen and oxygen atoms in total. The summed E-state index contributed by atoms with van der Waals surface area (Å²) in [5, 5.41) is 12.8. The van der Waals surface area contributed by atoms with E-state index in [0.717, 1.165) is 18.4 Å². The molecule has 0 radical (unpaired) electrons. The van der Waals surface area contributed by atoms with E-state index < -0.39 is 11.5 Å². The van der Waals surface area contributed by atoms with Crippen molar-refractivity contribution in [3.05, 3.63) is 35.9 Å². The first-order valence-corrected chi connectivity index (χ1v) is 7.87. The molecule has 0 atom stereocenters. The molecule has 2 amide bonds. The van der Waals surface area contributed by atoms with Gasteiger partial charge in [0.1, 0.15) is 5.60 Å². The average molecular weight is 304 g/mol. The Balaban J connectivity index is 1.85. The molecule has 0 heterocycles. The molecule has 1 aliphatic rings. The van der Waals surface area contributed by atoms with Crippen molar-refractivity contribution in [2.24, 2.45) is 0 Å². The number of carbonyl (C=O) groups excluding carboxylic acids is 2. The number of amides is 2. The number of likely N-dealkylation sites (N-methyl/N-ethyl adjacent to an activating group) is 1. The van der Waals surface area contributed by atoms with E-state index in [4.69, 9.17) is 0 Å². The Labute approximate surface area is 131 Å². The Bertz CT molecular complexity index is 510. The Hall–Kier alpha value is -1.88. The fourth-order valence-corrected chi connectivity index (χ4v) is 2.80. The molecule has 0 saturated heterocycles. The minimum absolute atomic E-state index is 0.0676. The lowest BCUT2D eigenvalue weighted by molar-refractivity contribution is -0.142. The summed E-state index contributed by atoms with van der Waals surface area (Å²) in [4.78, 5) is 25.9. The van der Waals surface area contributed by atoms with Crippen LogP contribution in [-0.4, -0.2) is 40.5 Å². The van der Waals surface area contributed by atoms with Gasteiger partial charge in [0.2, 0.25) is 5.91 Å². The number of hydrogen-bond donors (Lipinski definition) is 2. The Morgan fingerprint density at radius 3 is 2.45 bits per heavy atom. The second-order valence-electron chi connectivity index (χ2n) is 5.81. The first-order chi connectivity index (χ1) is 10.5. The van der Waals surface area contributed by atoms with Gasteiger partial charge in [0.25, 0.3) is 5.91 Å². The van der Waals surface area contributed by atoms with Gasteiger partial charge in [-0.05, 0) is 38.2 Å². The van der Waals surface area contributed by atoms with Gasteiger partial charge in [0.05, 0.1) is 6.54 Å². The topological polar surface area (TPSA) is 69.6 Å². The van der Waals surface area contributed by atoms with Gasteiger partial charge in [0, 0.05) is 13.1 Å². The number of benzene rings is 1. The molecule has 1 aliphatic carbocycles. The zero-order chi connectivity index (χ0) is 16.0. The van der Waals surface area contributed by atoms with Crippen molar-refractivity contribution in [3.8, 4) is 0 Å². The molecule has 1 aromatic carbocycles. The molecular weight excluding hydrogens is 280 g/mol. The first-order valence-electron chi connectivity index (χ1n) is 7.87. The van der Waals surface area contributed by atoms with E-state index in [2.05, 4.69) is 5.32 Å². The van der Waals surface area contributed by atoms with Crippen LogP contribution in [0, 0.1) is 0 Å². The number of hydrogen-bond acceptors (Lipinski definition) is 3. The van der Waals surface area contributed by atoms with Crippen LogP contribution in [0.5, 0.6) is 0 Å². The van der Waals surface area contributed by atoms with Crippen LogP contribution in [0.15, 0.2) is 30.3 Å². The third-order valence-electron chi connectivity index (χ3n) is 4.20. The second-order valence-corrected chi connectivity index (χ2v) is 5.81. The van der Waals surface area contributed by atoms with Crippen LogP contribution in [0.25, 0.3) is 0 Å². The molecule has 5 heteroatoms. The first kappa shape index (κ1) is 16.5. The number of rotatable bonds is 6. The number of aliphatic hydroxyl groups is 1. The summed E-state index contributed by atoms with van der Waals surface area (Å²) in [7, 11) is 0. The highest BCUT2D eigenvalue weighted by molar-refractivity contribution is 5.89. The number of nitrogens with one attached hydrogen (secondary N) is 1. The molecular formula is C17H24N2O3. The Morgan fingerprint density at radius 1 is 1.23 bits per heavy atom. The molecule has 1 fully saturated rings. The monoisotopic (exact) mass is 304 g/mol. The third kappa shape index (κ3) is 4.07. The molecule has 1 saturated carbocycles. The van der Waals surface area contributed by atoms with Crippen molar-refractivity contribution >= 4 is 11.8 Å². The maximum atomic E-state index is 12.2. The number of carbonyl (C=O) groups is 2. The molecule has 120 valence electrons. The standard InChI is InChI=1S/C17H24N2O3/c1-2-19(13-14-8-4-3-5-9-14)15(20)12-18-16(21)17(22)10-6-7-11-17/h3-5,8-9,22H,2,6-7,10-13H2,1H3,(H,18,21). The van der Waals surface area contributed by atoms with Crippen LogP contribution in [0.4, 0.5) is 0 Å². The molecule has 0 bridgehead atoms. The maximum Gasteiger partial charge on any atom is 0.252 e. The fourth-order valence-electron chi connectivity index (χ4n) is 2.80. The molecule has 0 aromatic heterocycles. The summed E-state index contributed by atoms with van der Waals surface area (Å²) < 4.78 is 0. The summed E-state index contributed by atoms with van der Waals surface area (Å²) in [5.74, 6) is -0.560. The second kappa shape index (κ2) is 7.40. The highest BCUT2D eigenvalue weighted by atomic mass is 16.3. The van der Waals surface area contributed by atoms with E-state index in [9.17, 15) is 14.7 Å². The molecule has 0 aliphatic heterocycles. The van der Waals surface area contributed by atoms with Crippen molar-refractivity contribution in [2.75, 3.05) is 13.1 Å². The van der Waals surface area contributed by atoms with E-state index in [1.807, 2.05) is 37.3 Å². The maximum absolute atomic E-state index is 12.2. The predicted octanol–water partition coefficient (Wildman–Crippen LogP) is 1.46. The quantitative estimate of drug-likeness (QED) is 0.836. The van der Waals surface area contributed by atoms with E-state index in [0.29, 0.717) is 25.9 Å². The van der Waals surface area contributed by atoms with Crippen LogP contribution < -0.4 is 5.32 Å². The largest absolute Gasteiger partial charge is 0.380 e. The van der Waals surface area contributed by atoms with Gasteiger partial charge in [-0.15, -0.1) is 0 Å². The lowest BCUT2D eigenvalue weighted by atomic mass is 10.0. The predicted molar refractivity (Wildman–Crippen MR) is 84.0 cm³/mol. The molecule has 1 aromatic rings. The van der Waals surface area contributed by atoms with Crippen molar-refractivity contribution in [1.82, 2.24) is 10.2 Å². The van der Waals surface area contributed by atoms with Gasteiger partial charge in [-0.3, -0.25) is 9.59 Å². The minimum Gasteiger partial charge on any atom is -0.380 e. The molecule has 0 unspecified atom stereocenters. The van der Waals surface area contributed by atoms with Gasteiger partial charge in [0.15, 0.2) is 0 Å². The van der Waals surface area contributed by atoms with Gasteiger partial charge < -0.3 is 15.3 Å². The van der Waals surface area contributed by atoms with Crippen LogP contribution in [0.1, 0.15) is 38.2 Å². The smallest absolute Gasteiger partial charge is 0.252 e. The summed E-state index contributed by atoms with van der Waals surface area (Å²) >= 11 is 0. The summed E-state index contributed by atoms with van der Waals surface area (Å²) in [6.45, 7) is 2.94. The zero-order valence-corrected chi connectivity index (χ0v) is 13.0. The van der Waals surface area contributed by atoms with Gasteiger partial charge in [-0.1, -0.05) is 30.3 Å². The van der Waals surface area contributed by atoms with Gasteiger partial charge in [-0.2, -0.15) is 0 Å². The molecule has 2 N–H and O–H groups in total. The molecule has 22 heavy (non-hydrogen) atoms. The van der Waals surface area contributed by atoms with E-state index in [1.165, 1.54) is 0 Å². The molecule has 0 spiro atoms. The fraction of sp³-hybridized carbons (Fsp3) is 0.529. The Kier molecular flexibility index (Phi) is 5.55. The van der Waals surface area contributed by atoms with E-state index in [1.54, 1.807) is 4.90 Å². The van der Waals surface area contributed by atoms with Crippen molar-refractivity contribution < 1.29 is 14.7 Å². The number of nitrogens with zero attached hydrogens (tertiary/aromatic N) is 1. The van der Waals surface area contributed by atoms with E-state index >= 15 is 0 Å². The highest BCUT2D eigenvalue weighted by Crippen LogP contribution is 2.29.